The highest BCUT2D eigenvalue weighted by molar-refractivity contribution is 5.89. The molecule has 4 unspecified atom stereocenters. The molecule has 0 aliphatic carbocycles. The number of aromatic amines is 2. The molecule has 5 aromatic rings. The molecule has 4 aliphatic heterocycles. The van der Waals surface area contributed by atoms with E-state index in [1.54, 1.807) is 9.80 Å². The first kappa shape index (κ1) is 43.2. The molecule has 4 fully saturated rings. The van der Waals surface area contributed by atoms with Crippen molar-refractivity contribution in [3.05, 3.63) is 72.3 Å². The molecule has 4 saturated heterocycles. The summed E-state index contributed by atoms with van der Waals surface area (Å²) in [6.07, 6.45) is -0.578. The van der Waals surface area contributed by atoms with Crippen LogP contribution in [0.15, 0.2) is 60.7 Å². The van der Waals surface area contributed by atoms with Gasteiger partial charge in [0.2, 0.25) is 11.8 Å². The van der Waals surface area contributed by atoms with Gasteiger partial charge in [-0.3, -0.25) is 9.59 Å². The number of ether oxygens (including phenoxy) is 6. The number of H-pyrrole nitrogens is 2. The first-order valence-corrected chi connectivity index (χ1v) is 21.7. The van der Waals surface area contributed by atoms with E-state index in [1.807, 2.05) is 64.1 Å². The van der Waals surface area contributed by atoms with Crippen LogP contribution >= 0.6 is 0 Å². The molecule has 2 spiro atoms. The summed E-state index contributed by atoms with van der Waals surface area (Å²) in [5, 5.41) is 5.40. The fraction of sp³-hybridized carbons (Fsp3) is 0.478. The molecule has 9 rings (SSSR count). The maximum Gasteiger partial charge on any atom is 0.407 e. The summed E-state index contributed by atoms with van der Waals surface area (Å²) >= 11 is 0. The van der Waals surface area contributed by atoms with Gasteiger partial charge in [-0.2, -0.15) is 0 Å². The molecule has 0 bridgehead atoms. The highest BCUT2D eigenvalue weighted by Crippen LogP contribution is 2.44. The first-order valence-electron chi connectivity index (χ1n) is 21.7. The minimum Gasteiger partial charge on any atom is -0.453 e. The minimum atomic E-state index is -0.951. The van der Waals surface area contributed by atoms with E-state index in [4.69, 9.17) is 38.4 Å². The number of benzene rings is 3. The number of hydrogen-bond acceptors (Lipinski definition) is 12. The number of likely N-dealkylation sites (tertiary alicyclic amines) is 2. The normalized spacial score (nSPS) is 21.1. The average molecular weight is 879 g/mol. The summed E-state index contributed by atoms with van der Waals surface area (Å²) in [5.74, 6) is -1.64. The number of hydrogen-bond donors (Lipinski definition) is 4. The minimum absolute atomic E-state index is 0.202. The molecule has 6 heterocycles. The number of amides is 4. The number of carbonyl (C=O) groups is 4. The third-order valence-corrected chi connectivity index (χ3v) is 12.7. The van der Waals surface area contributed by atoms with Crippen molar-refractivity contribution < 1.29 is 47.6 Å². The Hall–Kier alpha value is -6.08. The maximum absolute atomic E-state index is 14.1. The third kappa shape index (κ3) is 8.14. The largest absolute Gasteiger partial charge is 0.453 e. The van der Waals surface area contributed by atoms with E-state index in [0.717, 1.165) is 44.3 Å². The van der Waals surface area contributed by atoms with Crippen molar-refractivity contribution in [1.29, 1.82) is 0 Å². The molecule has 18 heteroatoms. The SMILES string of the molecule is COC(=O)NC(C(=O)N1CC2(CC1c1nc3ccc(-c4ccc(-c5ccc6nc(C7CC8(CN7C(=O)C(NC(=O)OC)C(C)C)OCCO8)[nH]c6c5)cc4)cc3[nH]1)OCCO2)C(C)C. The third-order valence-electron chi connectivity index (χ3n) is 12.7. The van der Waals surface area contributed by atoms with Crippen molar-refractivity contribution in [2.45, 2.75) is 76.3 Å². The molecule has 4 amide bonds. The summed E-state index contributed by atoms with van der Waals surface area (Å²) in [5.41, 5.74) is 7.08. The molecule has 2 aromatic heterocycles. The van der Waals surface area contributed by atoms with Crippen LogP contribution in [0.1, 0.15) is 64.3 Å². The fourth-order valence-corrected chi connectivity index (χ4v) is 9.39. The summed E-state index contributed by atoms with van der Waals surface area (Å²) < 4.78 is 33.9. The Bertz CT molecular complexity index is 2380. The summed E-state index contributed by atoms with van der Waals surface area (Å²) in [7, 11) is 2.54. The predicted octanol–water partition coefficient (Wildman–Crippen LogP) is 5.57. The summed E-state index contributed by atoms with van der Waals surface area (Å²) in [4.78, 5) is 72.8. The van der Waals surface area contributed by atoms with Crippen LogP contribution < -0.4 is 10.6 Å². The van der Waals surface area contributed by atoms with E-state index in [2.05, 4.69) is 44.9 Å². The Morgan fingerprint density at radius 1 is 0.609 bits per heavy atom. The zero-order valence-electron chi connectivity index (χ0n) is 36.8. The van der Waals surface area contributed by atoms with Crippen LogP contribution in [-0.4, -0.2) is 131 Å². The van der Waals surface area contributed by atoms with Crippen LogP contribution in [0, 0.1) is 11.8 Å². The molecule has 18 nitrogen and oxygen atoms in total. The number of nitrogens with one attached hydrogen (secondary N) is 4. The maximum atomic E-state index is 14.1. The molecule has 0 radical (unpaired) electrons. The summed E-state index contributed by atoms with van der Waals surface area (Å²) in [6, 6.07) is 17.8. The van der Waals surface area contributed by atoms with Gasteiger partial charge >= 0.3 is 12.2 Å². The lowest BCUT2D eigenvalue weighted by atomic mass is 10.00. The van der Waals surface area contributed by atoms with Gasteiger partial charge in [0.1, 0.15) is 23.7 Å². The lowest BCUT2D eigenvalue weighted by Gasteiger charge is -2.30. The van der Waals surface area contributed by atoms with Crippen LogP contribution in [0.3, 0.4) is 0 Å². The van der Waals surface area contributed by atoms with Crippen LogP contribution in [0.25, 0.3) is 44.3 Å². The Kier molecular flexibility index (Phi) is 11.6. The lowest BCUT2D eigenvalue weighted by molar-refractivity contribution is -0.153. The van der Waals surface area contributed by atoms with Crippen LogP contribution in [-0.2, 0) is 38.0 Å². The van der Waals surface area contributed by atoms with E-state index in [1.165, 1.54) is 14.2 Å². The van der Waals surface area contributed by atoms with Crippen LogP contribution in [0.2, 0.25) is 0 Å². The number of fused-ring (bicyclic) bond motifs is 2. The number of alkyl carbamates (subject to hydrolysis) is 2. The van der Waals surface area contributed by atoms with E-state index < -0.39 is 47.9 Å². The molecule has 3 aromatic carbocycles. The second kappa shape index (κ2) is 17.1. The monoisotopic (exact) mass is 878 g/mol. The Labute approximate surface area is 369 Å². The number of rotatable bonds is 10. The van der Waals surface area contributed by atoms with Crippen LogP contribution in [0.5, 0.6) is 0 Å². The Morgan fingerprint density at radius 2 is 0.969 bits per heavy atom. The second-order valence-electron chi connectivity index (χ2n) is 17.6. The lowest BCUT2D eigenvalue weighted by Crippen LogP contribution is -2.52. The number of carbonyl (C=O) groups excluding carboxylic acids is 4. The Balaban J connectivity index is 0.945. The topological polar surface area (TPSA) is 212 Å². The van der Waals surface area contributed by atoms with Crippen molar-refractivity contribution in [3.8, 4) is 22.3 Å². The standard InChI is InChI=1S/C46H54N8O10/c1-25(2)37(51-43(57)59-5)41(55)53-23-45(61-15-16-62-45)21-35(53)39-47-31-13-11-29(19-33(31)49-39)27-7-9-28(10-8-27)30-12-14-32-34(20-30)50-40(48-32)36-22-46(63-17-18-64-46)24-54(36)42(56)38(26(3)4)52-44(58)60-6/h7-14,19-20,25-26,35-38H,15-18,21-24H2,1-6H3,(H,47,49)(H,48,50)(H,51,57)(H,52,58). The highest BCUT2D eigenvalue weighted by Gasteiger charge is 2.54. The van der Waals surface area contributed by atoms with Crippen molar-refractivity contribution in [1.82, 2.24) is 40.4 Å². The second-order valence-corrected chi connectivity index (χ2v) is 17.6. The fourth-order valence-electron chi connectivity index (χ4n) is 9.39. The quantitative estimate of drug-likeness (QED) is 0.136. The predicted molar refractivity (Wildman–Crippen MR) is 232 cm³/mol. The zero-order chi connectivity index (χ0) is 44.9. The van der Waals surface area contributed by atoms with Gasteiger partial charge in [-0.05, 0) is 58.4 Å². The summed E-state index contributed by atoms with van der Waals surface area (Å²) in [6.45, 7) is 9.60. The molecule has 4 N–H and O–H groups in total. The molecule has 338 valence electrons. The van der Waals surface area contributed by atoms with E-state index in [-0.39, 0.29) is 36.7 Å². The number of imidazole rings is 2. The molecular weight excluding hydrogens is 825 g/mol. The highest BCUT2D eigenvalue weighted by atomic mass is 16.7. The molecule has 0 saturated carbocycles. The van der Waals surface area contributed by atoms with Crippen molar-refractivity contribution in [3.63, 3.8) is 0 Å². The van der Waals surface area contributed by atoms with Gasteiger partial charge in [0.15, 0.2) is 11.6 Å². The van der Waals surface area contributed by atoms with Crippen molar-refractivity contribution in [2.24, 2.45) is 11.8 Å². The molecule has 4 aliphatic rings. The van der Waals surface area contributed by atoms with Gasteiger partial charge in [0.05, 0.1) is 87.9 Å². The van der Waals surface area contributed by atoms with Crippen molar-refractivity contribution >= 4 is 46.1 Å². The van der Waals surface area contributed by atoms with Gasteiger partial charge in [0.25, 0.3) is 0 Å². The van der Waals surface area contributed by atoms with Crippen LogP contribution in [0.4, 0.5) is 9.59 Å². The molecule has 64 heavy (non-hydrogen) atoms. The zero-order valence-corrected chi connectivity index (χ0v) is 36.8. The van der Waals surface area contributed by atoms with Gasteiger partial charge in [-0.25, -0.2) is 19.6 Å². The van der Waals surface area contributed by atoms with Gasteiger partial charge in [0, 0.05) is 12.8 Å². The van der Waals surface area contributed by atoms with Gasteiger partial charge < -0.3 is 58.8 Å². The van der Waals surface area contributed by atoms with E-state index in [0.29, 0.717) is 50.9 Å². The smallest absolute Gasteiger partial charge is 0.407 e. The number of nitrogens with zero attached hydrogens (tertiary/aromatic N) is 4. The average Bonchev–Trinajstić information content (AvgIpc) is 4.17. The van der Waals surface area contributed by atoms with Crippen molar-refractivity contribution in [2.75, 3.05) is 53.7 Å². The number of methoxy groups -OCH3 is 2. The van der Waals surface area contributed by atoms with Gasteiger partial charge in [-0.15, -0.1) is 0 Å². The molecule has 4 atom stereocenters. The molecular formula is C46H54N8O10. The van der Waals surface area contributed by atoms with E-state index >= 15 is 0 Å². The van der Waals surface area contributed by atoms with Gasteiger partial charge in [-0.1, -0.05) is 64.1 Å². The first-order chi connectivity index (χ1) is 30.8. The number of aromatic nitrogens is 4. The van der Waals surface area contributed by atoms with E-state index in [9.17, 15) is 19.2 Å². The Morgan fingerprint density at radius 3 is 1.31 bits per heavy atom.